The fourth-order valence-corrected chi connectivity index (χ4v) is 4.63. The molecule has 0 saturated carbocycles. The number of hydrogen-bond acceptors (Lipinski definition) is 3. The third-order valence-corrected chi connectivity index (χ3v) is 7.06. The Morgan fingerprint density at radius 1 is 0.893 bits per heavy atom. The number of carbonyl (C=O) groups excluding carboxylic acids is 1. The number of hydrogen-bond donors (Lipinski definition) is 0. The van der Waals surface area contributed by atoms with Crippen LogP contribution in [0.2, 0.25) is 0 Å². The first kappa shape index (κ1) is 20.3. The van der Waals surface area contributed by atoms with E-state index < -0.39 is 10.0 Å². The molecule has 0 unspecified atom stereocenters. The molecule has 5 nitrogen and oxygen atoms in total. The van der Waals surface area contributed by atoms with Crippen LogP contribution in [0.5, 0.6) is 0 Å². The number of nitrogens with zero attached hydrogens (tertiary/aromatic N) is 2. The molecule has 3 rings (SSSR count). The second-order valence-electron chi connectivity index (χ2n) is 7.22. The lowest BCUT2D eigenvalue weighted by atomic mass is 10.1. The van der Waals surface area contributed by atoms with Crippen LogP contribution in [0.4, 0.5) is 0 Å². The molecule has 1 aliphatic rings. The second-order valence-corrected chi connectivity index (χ2v) is 9.16. The van der Waals surface area contributed by atoms with E-state index in [1.807, 2.05) is 51.1 Å². The van der Waals surface area contributed by atoms with Crippen LogP contribution in [0.3, 0.4) is 0 Å². The predicted molar refractivity (Wildman–Crippen MR) is 111 cm³/mol. The van der Waals surface area contributed by atoms with E-state index in [0.717, 1.165) is 16.7 Å². The molecule has 1 amide bonds. The first-order chi connectivity index (χ1) is 13.3. The van der Waals surface area contributed by atoms with Crippen LogP contribution in [-0.2, 0) is 14.8 Å². The molecule has 2 aromatic carbocycles. The Labute approximate surface area is 167 Å². The SMILES string of the molecule is Cc1ccc(/C=C/C(=O)N2CCN(S(=O)(=O)c3ccc(C)c(C)c3)CC2)cc1. The zero-order valence-electron chi connectivity index (χ0n) is 16.6. The van der Waals surface area contributed by atoms with Gasteiger partial charge >= 0.3 is 0 Å². The van der Waals surface area contributed by atoms with E-state index in [9.17, 15) is 13.2 Å². The summed E-state index contributed by atoms with van der Waals surface area (Å²) in [6.07, 6.45) is 3.35. The van der Waals surface area contributed by atoms with Crippen LogP contribution >= 0.6 is 0 Å². The van der Waals surface area contributed by atoms with Crippen molar-refractivity contribution >= 4 is 22.0 Å². The van der Waals surface area contributed by atoms with Gasteiger partial charge in [0.15, 0.2) is 0 Å². The molecular weight excluding hydrogens is 372 g/mol. The highest BCUT2D eigenvalue weighted by atomic mass is 32.2. The molecule has 0 spiro atoms. The lowest BCUT2D eigenvalue weighted by molar-refractivity contribution is -0.127. The number of rotatable bonds is 4. The van der Waals surface area contributed by atoms with Gasteiger partial charge < -0.3 is 4.90 Å². The second kappa shape index (κ2) is 8.29. The normalized spacial score (nSPS) is 15.9. The molecule has 0 aromatic heterocycles. The van der Waals surface area contributed by atoms with Crippen molar-refractivity contribution in [2.45, 2.75) is 25.7 Å². The van der Waals surface area contributed by atoms with E-state index in [2.05, 4.69) is 0 Å². The lowest BCUT2D eigenvalue weighted by Gasteiger charge is -2.33. The Hall–Kier alpha value is -2.44. The zero-order valence-corrected chi connectivity index (χ0v) is 17.4. The molecule has 0 radical (unpaired) electrons. The van der Waals surface area contributed by atoms with E-state index in [-0.39, 0.29) is 5.91 Å². The Morgan fingerprint density at radius 2 is 1.54 bits per heavy atom. The number of sulfonamides is 1. The van der Waals surface area contributed by atoms with Crippen LogP contribution in [-0.4, -0.2) is 49.7 Å². The molecule has 148 valence electrons. The summed E-state index contributed by atoms with van der Waals surface area (Å²) in [4.78, 5) is 14.4. The monoisotopic (exact) mass is 398 g/mol. The summed E-state index contributed by atoms with van der Waals surface area (Å²) in [6, 6.07) is 13.1. The maximum Gasteiger partial charge on any atom is 0.246 e. The summed E-state index contributed by atoms with van der Waals surface area (Å²) in [7, 11) is -3.53. The van der Waals surface area contributed by atoms with Gasteiger partial charge in [0.1, 0.15) is 0 Å². The van der Waals surface area contributed by atoms with Crippen molar-refractivity contribution in [3.05, 3.63) is 70.8 Å². The lowest BCUT2D eigenvalue weighted by Crippen LogP contribution is -2.50. The molecule has 0 bridgehead atoms. The van der Waals surface area contributed by atoms with E-state index >= 15 is 0 Å². The third-order valence-electron chi connectivity index (χ3n) is 5.16. The summed E-state index contributed by atoms with van der Waals surface area (Å²) in [5.74, 6) is -0.0937. The van der Waals surface area contributed by atoms with Gasteiger partial charge in [0.2, 0.25) is 15.9 Å². The third kappa shape index (κ3) is 4.51. The summed E-state index contributed by atoms with van der Waals surface area (Å²) < 4.78 is 27.2. The van der Waals surface area contributed by atoms with Crippen LogP contribution in [0.25, 0.3) is 6.08 Å². The average Bonchev–Trinajstić information content (AvgIpc) is 2.69. The molecule has 6 heteroatoms. The molecule has 1 heterocycles. The molecule has 1 fully saturated rings. The van der Waals surface area contributed by atoms with E-state index in [0.29, 0.717) is 31.1 Å². The fraction of sp³-hybridized carbons (Fsp3) is 0.318. The average molecular weight is 399 g/mol. The molecular formula is C22H26N2O3S. The first-order valence-electron chi connectivity index (χ1n) is 9.38. The van der Waals surface area contributed by atoms with E-state index in [1.54, 1.807) is 29.2 Å². The highest BCUT2D eigenvalue weighted by Gasteiger charge is 2.29. The minimum atomic E-state index is -3.53. The van der Waals surface area contributed by atoms with Gasteiger partial charge in [0.25, 0.3) is 0 Å². The Morgan fingerprint density at radius 3 is 2.14 bits per heavy atom. The quantitative estimate of drug-likeness (QED) is 0.744. The van der Waals surface area contributed by atoms with Crippen LogP contribution in [0.15, 0.2) is 53.4 Å². The van der Waals surface area contributed by atoms with E-state index in [4.69, 9.17) is 0 Å². The minimum Gasteiger partial charge on any atom is -0.337 e. The van der Waals surface area contributed by atoms with Crippen molar-refractivity contribution in [1.82, 2.24) is 9.21 Å². The zero-order chi connectivity index (χ0) is 20.3. The van der Waals surface area contributed by atoms with Crippen molar-refractivity contribution in [3.63, 3.8) is 0 Å². The summed E-state index contributed by atoms with van der Waals surface area (Å²) in [6.45, 7) is 7.27. The fourth-order valence-electron chi connectivity index (χ4n) is 3.12. The maximum absolute atomic E-state index is 12.9. The van der Waals surface area contributed by atoms with Crippen molar-refractivity contribution in [1.29, 1.82) is 0 Å². The topological polar surface area (TPSA) is 57.7 Å². The van der Waals surface area contributed by atoms with Gasteiger partial charge in [0.05, 0.1) is 4.90 Å². The predicted octanol–water partition coefficient (Wildman–Crippen LogP) is 3.16. The van der Waals surface area contributed by atoms with Gasteiger partial charge in [-0.2, -0.15) is 4.31 Å². The van der Waals surface area contributed by atoms with Crippen molar-refractivity contribution in [2.75, 3.05) is 26.2 Å². The highest BCUT2D eigenvalue weighted by Crippen LogP contribution is 2.20. The maximum atomic E-state index is 12.9. The summed E-state index contributed by atoms with van der Waals surface area (Å²) >= 11 is 0. The largest absolute Gasteiger partial charge is 0.337 e. The van der Waals surface area contributed by atoms with Gasteiger partial charge in [-0.1, -0.05) is 35.9 Å². The summed E-state index contributed by atoms with van der Waals surface area (Å²) in [5.41, 5.74) is 4.16. The molecule has 0 aliphatic carbocycles. The number of amides is 1. The molecule has 1 saturated heterocycles. The van der Waals surface area contributed by atoms with Crippen LogP contribution < -0.4 is 0 Å². The molecule has 0 N–H and O–H groups in total. The first-order valence-corrected chi connectivity index (χ1v) is 10.8. The van der Waals surface area contributed by atoms with E-state index in [1.165, 1.54) is 9.87 Å². The van der Waals surface area contributed by atoms with Crippen LogP contribution in [0.1, 0.15) is 22.3 Å². The number of piperazine rings is 1. The number of aryl methyl sites for hydroxylation is 3. The van der Waals surface area contributed by atoms with Gasteiger partial charge in [-0.15, -0.1) is 0 Å². The summed E-state index contributed by atoms with van der Waals surface area (Å²) in [5, 5.41) is 0. The standard InChI is InChI=1S/C22H26N2O3S/c1-17-4-7-20(8-5-17)9-11-22(25)23-12-14-24(15-13-23)28(26,27)21-10-6-18(2)19(3)16-21/h4-11,16H,12-15H2,1-3H3/b11-9+. The van der Waals surface area contributed by atoms with Crippen molar-refractivity contribution in [3.8, 4) is 0 Å². The Balaban J connectivity index is 1.62. The molecule has 28 heavy (non-hydrogen) atoms. The molecule has 0 atom stereocenters. The number of carbonyl (C=O) groups is 1. The molecule has 1 aliphatic heterocycles. The van der Waals surface area contributed by atoms with Crippen molar-refractivity contribution < 1.29 is 13.2 Å². The Kier molecular flexibility index (Phi) is 6.01. The minimum absolute atomic E-state index is 0.0937. The van der Waals surface area contributed by atoms with Gasteiger partial charge in [-0.3, -0.25) is 4.79 Å². The van der Waals surface area contributed by atoms with Crippen LogP contribution in [0, 0.1) is 20.8 Å². The smallest absolute Gasteiger partial charge is 0.246 e. The number of benzene rings is 2. The highest BCUT2D eigenvalue weighted by molar-refractivity contribution is 7.89. The van der Waals surface area contributed by atoms with Gasteiger partial charge in [-0.25, -0.2) is 8.42 Å². The molecule has 2 aromatic rings. The van der Waals surface area contributed by atoms with Gasteiger partial charge in [0, 0.05) is 32.3 Å². The Bertz CT molecular complexity index is 987. The van der Waals surface area contributed by atoms with Gasteiger partial charge in [-0.05, 0) is 55.7 Å². The van der Waals surface area contributed by atoms with Crippen molar-refractivity contribution in [2.24, 2.45) is 0 Å².